The highest BCUT2D eigenvalue weighted by atomic mass is 32.1. The van der Waals surface area contributed by atoms with E-state index in [1.165, 1.54) is 33.9 Å². The zero-order chi connectivity index (χ0) is 15.0. The second-order valence-electron chi connectivity index (χ2n) is 4.95. The highest BCUT2D eigenvalue weighted by Crippen LogP contribution is 2.32. The average Bonchev–Trinajstić information content (AvgIpc) is 2.98. The minimum atomic E-state index is -4.41. The van der Waals surface area contributed by atoms with E-state index in [1.54, 1.807) is 0 Å². The van der Waals surface area contributed by atoms with Gasteiger partial charge in [-0.25, -0.2) is 0 Å². The van der Waals surface area contributed by atoms with Crippen molar-refractivity contribution in [3.05, 3.63) is 51.2 Å². The molecule has 0 saturated carbocycles. The van der Waals surface area contributed by atoms with Crippen molar-refractivity contribution in [2.75, 3.05) is 5.32 Å². The fourth-order valence-electron chi connectivity index (χ4n) is 2.41. The maximum atomic E-state index is 12.6. The van der Waals surface area contributed by atoms with E-state index >= 15 is 0 Å². The van der Waals surface area contributed by atoms with Crippen molar-refractivity contribution in [3.8, 4) is 0 Å². The Morgan fingerprint density at radius 3 is 2.71 bits per heavy atom. The SMILES string of the molecule is O=C(Nc1cccc(C(F)(F)F)c1)c1cc2c(s1)CCC2. The van der Waals surface area contributed by atoms with E-state index in [0.717, 1.165) is 31.4 Å². The fraction of sp³-hybridized carbons (Fsp3) is 0.267. The number of carbonyl (C=O) groups excluding carboxylic acids is 1. The molecule has 1 heterocycles. The number of halogens is 3. The minimum absolute atomic E-state index is 0.156. The molecule has 1 aromatic heterocycles. The first kappa shape index (κ1) is 14.1. The Morgan fingerprint density at radius 2 is 2.00 bits per heavy atom. The van der Waals surface area contributed by atoms with Gasteiger partial charge in [-0.1, -0.05) is 6.07 Å². The van der Waals surface area contributed by atoms with Crippen molar-refractivity contribution in [2.24, 2.45) is 0 Å². The van der Waals surface area contributed by atoms with Crippen molar-refractivity contribution in [2.45, 2.75) is 25.4 Å². The van der Waals surface area contributed by atoms with E-state index in [1.807, 2.05) is 6.07 Å². The number of benzene rings is 1. The third-order valence-corrected chi connectivity index (χ3v) is 4.65. The van der Waals surface area contributed by atoms with Gasteiger partial charge in [-0.3, -0.25) is 4.79 Å². The molecule has 0 unspecified atom stereocenters. The van der Waals surface area contributed by atoms with Crippen LogP contribution in [0.15, 0.2) is 30.3 Å². The average molecular weight is 311 g/mol. The zero-order valence-electron chi connectivity index (χ0n) is 11.0. The van der Waals surface area contributed by atoms with Crippen LogP contribution in [0, 0.1) is 0 Å². The molecule has 6 heteroatoms. The summed E-state index contributed by atoms with van der Waals surface area (Å²) in [6.07, 6.45) is -1.35. The van der Waals surface area contributed by atoms with Gasteiger partial charge in [0.2, 0.25) is 0 Å². The van der Waals surface area contributed by atoms with E-state index in [2.05, 4.69) is 5.32 Å². The lowest BCUT2D eigenvalue weighted by molar-refractivity contribution is -0.137. The summed E-state index contributed by atoms with van der Waals surface area (Å²) in [4.78, 5) is 13.9. The molecule has 0 spiro atoms. The standard InChI is InChI=1S/C15H12F3NOS/c16-15(17,18)10-4-2-5-11(8-10)19-14(20)13-7-9-3-1-6-12(9)21-13/h2,4-5,7-8H,1,3,6H2,(H,19,20). The van der Waals surface area contributed by atoms with Crippen LogP contribution in [-0.2, 0) is 19.0 Å². The van der Waals surface area contributed by atoms with Crippen molar-refractivity contribution in [3.63, 3.8) is 0 Å². The van der Waals surface area contributed by atoms with Gasteiger partial charge in [0, 0.05) is 10.6 Å². The highest BCUT2D eigenvalue weighted by molar-refractivity contribution is 7.14. The van der Waals surface area contributed by atoms with Crippen LogP contribution >= 0.6 is 11.3 Å². The molecule has 2 nitrogen and oxygen atoms in total. The number of carbonyl (C=O) groups is 1. The fourth-order valence-corrected chi connectivity index (χ4v) is 3.56. The number of fused-ring (bicyclic) bond motifs is 1. The quantitative estimate of drug-likeness (QED) is 0.869. The van der Waals surface area contributed by atoms with Crippen molar-refractivity contribution < 1.29 is 18.0 Å². The molecule has 110 valence electrons. The molecule has 1 amide bonds. The van der Waals surface area contributed by atoms with Gasteiger partial charge in [0.1, 0.15) is 0 Å². The summed E-state index contributed by atoms with van der Waals surface area (Å²) < 4.78 is 37.9. The summed E-state index contributed by atoms with van der Waals surface area (Å²) in [5.74, 6) is -0.353. The molecule has 21 heavy (non-hydrogen) atoms. The summed E-state index contributed by atoms with van der Waals surface area (Å²) in [6, 6.07) is 6.51. The summed E-state index contributed by atoms with van der Waals surface area (Å²) >= 11 is 1.42. The Bertz CT molecular complexity index is 669. The van der Waals surface area contributed by atoms with E-state index in [0.29, 0.717) is 4.88 Å². The van der Waals surface area contributed by atoms with E-state index in [9.17, 15) is 18.0 Å². The van der Waals surface area contributed by atoms with Gasteiger partial charge >= 0.3 is 6.18 Å². The molecule has 2 aromatic rings. The van der Waals surface area contributed by atoms with Gasteiger partial charge in [-0.15, -0.1) is 11.3 Å². The predicted octanol–water partition coefficient (Wildman–Crippen LogP) is 4.51. The molecule has 0 fully saturated rings. The third kappa shape index (κ3) is 2.95. The first-order valence-corrected chi connectivity index (χ1v) is 7.35. The second kappa shape index (κ2) is 5.18. The molecule has 0 bridgehead atoms. The number of hydrogen-bond donors (Lipinski definition) is 1. The molecular weight excluding hydrogens is 299 g/mol. The Balaban J connectivity index is 1.78. The maximum absolute atomic E-state index is 12.6. The molecule has 1 aliphatic rings. The number of nitrogens with one attached hydrogen (secondary N) is 1. The van der Waals surface area contributed by atoms with Crippen molar-refractivity contribution in [1.29, 1.82) is 0 Å². The van der Waals surface area contributed by atoms with Crippen LogP contribution in [0.5, 0.6) is 0 Å². The first-order chi connectivity index (χ1) is 9.93. The monoisotopic (exact) mass is 311 g/mol. The Kier molecular flexibility index (Phi) is 3.49. The maximum Gasteiger partial charge on any atom is 0.416 e. The third-order valence-electron chi connectivity index (χ3n) is 3.42. The van der Waals surface area contributed by atoms with Crippen LogP contribution in [0.25, 0.3) is 0 Å². The van der Waals surface area contributed by atoms with E-state index in [-0.39, 0.29) is 11.6 Å². The number of aryl methyl sites for hydroxylation is 2. The molecule has 3 rings (SSSR count). The predicted molar refractivity (Wildman–Crippen MR) is 75.7 cm³/mol. The molecular formula is C15H12F3NOS. The molecule has 1 aliphatic carbocycles. The van der Waals surface area contributed by atoms with Crippen molar-refractivity contribution in [1.82, 2.24) is 0 Å². The van der Waals surface area contributed by atoms with Gasteiger partial charge in [-0.05, 0) is 49.1 Å². The number of amides is 1. The first-order valence-electron chi connectivity index (χ1n) is 6.54. The van der Waals surface area contributed by atoms with Crippen LogP contribution in [0.4, 0.5) is 18.9 Å². The lowest BCUT2D eigenvalue weighted by atomic mass is 10.2. The normalized spacial score (nSPS) is 14.0. The van der Waals surface area contributed by atoms with Gasteiger partial charge in [0.05, 0.1) is 10.4 Å². The summed E-state index contributed by atoms with van der Waals surface area (Å²) in [7, 11) is 0. The van der Waals surface area contributed by atoms with Crippen molar-refractivity contribution >= 4 is 22.9 Å². The van der Waals surface area contributed by atoms with Gasteiger partial charge in [-0.2, -0.15) is 13.2 Å². The number of rotatable bonds is 2. The Hall–Kier alpha value is -1.82. The lowest BCUT2D eigenvalue weighted by Crippen LogP contribution is -2.12. The van der Waals surface area contributed by atoms with Gasteiger partial charge in [0.25, 0.3) is 5.91 Å². The molecule has 0 radical (unpaired) electrons. The van der Waals surface area contributed by atoms with Crippen LogP contribution in [0.3, 0.4) is 0 Å². The van der Waals surface area contributed by atoms with Crippen LogP contribution < -0.4 is 5.32 Å². The zero-order valence-corrected chi connectivity index (χ0v) is 11.8. The molecule has 0 saturated heterocycles. The van der Waals surface area contributed by atoms with Crippen LogP contribution in [-0.4, -0.2) is 5.91 Å². The number of alkyl halides is 3. The van der Waals surface area contributed by atoms with Gasteiger partial charge < -0.3 is 5.32 Å². The van der Waals surface area contributed by atoms with E-state index in [4.69, 9.17) is 0 Å². The van der Waals surface area contributed by atoms with Gasteiger partial charge in [0.15, 0.2) is 0 Å². The Labute approximate surface area is 123 Å². The largest absolute Gasteiger partial charge is 0.416 e. The number of hydrogen-bond acceptors (Lipinski definition) is 2. The smallest absolute Gasteiger partial charge is 0.321 e. The lowest BCUT2D eigenvalue weighted by Gasteiger charge is -2.09. The van der Waals surface area contributed by atoms with E-state index < -0.39 is 11.7 Å². The Morgan fingerprint density at radius 1 is 1.19 bits per heavy atom. The summed E-state index contributed by atoms with van der Waals surface area (Å²) in [5.41, 5.74) is 0.576. The molecule has 1 aromatic carbocycles. The number of thiophene rings is 1. The minimum Gasteiger partial charge on any atom is -0.321 e. The topological polar surface area (TPSA) is 29.1 Å². The molecule has 0 atom stereocenters. The molecule has 1 N–H and O–H groups in total. The summed E-state index contributed by atoms with van der Waals surface area (Å²) in [5, 5.41) is 2.53. The van der Waals surface area contributed by atoms with Crippen LogP contribution in [0.1, 0.15) is 32.1 Å². The second-order valence-corrected chi connectivity index (χ2v) is 6.08. The highest BCUT2D eigenvalue weighted by Gasteiger charge is 2.30. The van der Waals surface area contributed by atoms with Crippen LogP contribution in [0.2, 0.25) is 0 Å². The summed E-state index contributed by atoms with van der Waals surface area (Å²) in [6.45, 7) is 0. The molecule has 0 aliphatic heterocycles. The number of anilines is 1.